The van der Waals surface area contributed by atoms with Crippen LogP contribution in [0.1, 0.15) is 41.6 Å². The molecular formula is C16H21NO3. The fourth-order valence-corrected chi connectivity index (χ4v) is 2.51. The van der Waals surface area contributed by atoms with E-state index in [-0.39, 0.29) is 12.5 Å². The highest BCUT2D eigenvalue weighted by Crippen LogP contribution is 2.22. The van der Waals surface area contributed by atoms with Crippen molar-refractivity contribution >= 4 is 12.2 Å². The van der Waals surface area contributed by atoms with E-state index < -0.39 is 0 Å². The minimum absolute atomic E-state index is 0.00565. The first-order valence-corrected chi connectivity index (χ1v) is 7.17. The molecule has 1 aliphatic rings. The standard InChI is InChI=1S/C16H21NO3/c1-13-7-6-8-14(11-18)16(13)20-12-15(19)17-9-4-2-3-5-10-17/h6-8,11H,2-5,9-10,12H2,1H3. The highest BCUT2D eigenvalue weighted by molar-refractivity contribution is 5.81. The number of nitrogens with zero attached hydrogens (tertiary/aromatic N) is 1. The second-order valence-corrected chi connectivity index (χ2v) is 5.19. The summed E-state index contributed by atoms with van der Waals surface area (Å²) < 4.78 is 5.59. The predicted molar refractivity (Wildman–Crippen MR) is 77.1 cm³/mol. The second-order valence-electron chi connectivity index (χ2n) is 5.19. The Kier molecular flexibility index (Phi) is 5.16. The molecule has 1 aliphatic heterocycles. The Hall–Kier alpha value is -1.84. The summed E-state index contributed by atoms with van der Waals surface area (Å²) in [5.41, 5.74) is 1.37. The number of hydrogen-bond donors (Lipinski definition) is 0. The molecule has 2 rings (SSSR count). The van der Waals surface area contributed by atoms with Crippen molar-refractivity contribution in [2.45, 2.75) is 32.6 Å². The lowest BCUT2D eigenvalue weighted by Crippen LogP contribution is -2.35. The van der Waals surface area contributed by atoms with E-state index >= 15 is 0 Å². The van der Waals surface area contributed by atoms with E-state index in [2.05, 4.69) is 0 Å². The third-order valence-electron chi connectivity index (χ3n) is 3.67. The molecular weight excluding hydrogens is 254 g/mol. The predicted octanol–water partition coefficient (Wildman–Crippen LogP) is 2.59. The van der Waals surface area contributed by atoms with Gasteiger partial charge >= 0.3 is 0 Å². The Morgan fingerprint density at radius 2 is 1.95 bits per heavy atom. The van der Waals surface area contributed by atoms with E-state index in [1.165, 1.54) is 12.8 Å². The average molecular weight is 275 g/mol. The minimum atomic E-state index is 0.00565. The summed E-state index contributed by atoms with van der Waals surface area (Å²) in [4.78, 5) is 25.0. The number of carbonyl (C=O) groups excluding carboxylic acids is 2. The zero-order valence-electron chi connectivity index (χ0n) is 11.9. The van der Waals surface area contributed by atoms with Gasteiger partial charge in [0.15, 0.2) is 12.9 Å². The van der Waals surface area contributed by atoms with Crippen molar-refractivity contribution in [3.8, 4) is 5.75 Å². The van der Waals surface area contributed by atoms with Crippen molar-refractivity contribution in [1.82, 2.24) is 4.90 Å². The van der Waals surface area contributed by atoms with Gasteiger partial charge in [0, 0.05) is 13.1 Å². The lowest BCUT2D eigenvalue weighted by molar-refractivity contribution is -0.133. The topological polar surface area (TPSA) is 46.6 Å². The van der Waals surface area contributed by atoms with Crippen molar-refractivity contribution in [1.29, 1.82) is 0 Å². The van der Waals surface area contributed by atoms with Crippen LogP contribution in [0.4, 0.5) is 0 Å². The highest BCUT2D eigenvalue weighted by Gasteiger charge is 2.17. The molecule has 108 valence electrons. The number of ether oxygens (including phenoxy) is 1. The molecule has 1 aromatic rings. The minimum Gasteiger partial charge on any atom is -0.483 e. The van der Waals surface area contributed by atoms with Crippen LogP contribution in [0.5, 0.6) is 5.75 Å². The van der Waals surface area contributed by atoms with Crippen LogP contribution in [0.2, 0.25) is 0 Å². The lowest BCUT2D eigenvalue weighted by Gasteiger charge is -2.21. The molecule has 0 bridgehead atoms. The van der Waals surface area contributed by atoms with E-state index in [1.54, 1.807) is 6.07 Å². The van der Waals surface area contributed by atoms with Gasteiger partial charge in [-0.05, 0) is 31.4 Å². The molecule has 0 aromatic heterocycles. The van der Waals surface area contributed by atoms with Gasteiger partial charge in [-0.3, -0.25) is 9.59 Å². The van der Waals surface area contributed by atoms with Crippen LogP contribution in [0.15, 0.2) is 18.2 Å². The van der Waals surface area contributed by atoms with E-state index in [4.69, 9.17) is 4.74 Å². The number of rotatable bonds is 4. The molecule has 0 spiro atoms. The molecule has 1 aromatic carbocycles. The molecule has 4 heteroatoms. The van der Waals surface area contributed by atoms with Gasteiger partial charge in [0.25, 0.3) is 5.91 Å². The lowest BCUT2D eigenvalue weighted by atomic mass is 10.1. The fourth-order valence-electron chi connectivity index (χ4n) is 2.51. The number of para-hydroxylation sites is 1. The average Bonchev–Trinajstić information content (AvgIpc) is 2.74. The number of likely N-dealkylation sites (tertiary alicyclic amines) is 1. The Bertz CT molecular complexity index is 477. The Morgan fingerprint density at radius 1 is 1.25 bits per heavy atom. The molecule has 0 N–H and O–H groups in total. The summed E-state index contributed by atoms with van der Waals surface area (Å²) in [5, 5.41) is 0. The van der Waals surface area contributed by atoms with Gasteiger partial charge in [-0.25, -0.2) is 0 Å². The summed E-state index contributed by atoms with van der Waals surface area (Å²) in [5.74, 6) is 0.526. The molecule has 1 saturated heterocycles. The number of aldehydes is 1. The third-order valence-corrected chi connectivity index (χ3v) is 3.67. The van der Waals surface area contributed by atoms with Gasteiger partial charge in [0.05, 0.1) is 5.56 Å². The van der Waals surface area contributed by atoms with E-state index in [0.29, 0.717) is 11.3 Å². The maximum absolute atomic E-state index is 12.1. The first-order chi connectivity index (χ1) is 9.72. The molecule has 0 saturated carbocycles. The van der Waals surface area contributed by atoms with E-state index in [0.717, 1.165) is 37.8 Å². The van der Waals surface area contributed by atoms with Gasteiger partial charge in [-0.2, -0.15) is 0 Å². The van der Waals surface area contributed by atoms with Crippen LogP contribution in [-0.4, -0.2) is 36.8 Å². The number of carbonyl (C=O) groups is 2. The Balaban J connectivity index is 1.97. The second kappa shape index (κ2) is 7.08. The van der Waals surface area contributed by atoms with E-state index in [9.17, 15) is 9.59 Å². The van der Waals surface area contributed by atoms with Crippen LogP contribution in [0.3, 0.4) is 0 Å². The largest absolute Gasteiger partial charge is 0.483 e. The molecule has 1 fully saturated rings. The number of amides is 1. The van der Waals surface area contributed by atoms with Gasteiger partial charge < -0.3 is 9.64 Å². The third kappa shape index (κ3) is 3.59. The normalized spacial score (nSPS) is 15.6. The smallest absolute Gasteiger partial charge is 0.260 e. The van der Waals surface area contributed by atoms with Crippen LogP contribution in [0.25, 0.3) is 0 Å². The zero-order chi connectivity index (χ0) is 14.4. The molecule has 0 aliphatic carbocycles. The summed E-state index contributed by atoms with van der Waals surface area (Å²) in [6, 6.07) is 5.38. The first kappa shape index (κ1) is 14.6. The number of hydrogen-bond acceptors (Lipinski definition) is 3. The van der Waals surface area contributed by atoms with Crippen molar-refractivity contribution in [2.24, 2.45) is 0 Å². The number of aryl methyl sites for hydroxylation is 1. The molecule has 20 heavy (non-hydrogen) atoms. The van der Waals surface area contributed by atoms with Crippen LogP contribution >= 0.6 is 0 Å². The van der Waals surface area contributed by atoms with Gasteiger partial charge in [0.1, 0.15) is 5.75 Å². The summed E-state index contributed by atoms with van der Waals surface area (Å²) >= 11 is 0. The highest BCUT2D eigenvalue weighted by atomic mass is 16.5. The van der Waals surface area contributed by atoms with Gasteiger partial charge in [-0.15, -0.1) is 0 Å². The van der Waals surface area contributed by atoms with Crippen molar-refractivity contribution in [3.05, 3.63) is 29.3 Å². The number of benzene rings is 1. The van der Waals surface area contributed by atoms with E-state index in [1.807, 2.05) is 24.0 Å². The molecule has 0 radical (unpaired) electrons. The van der Waals surface area contributed by atoms with Gasteiger partial charge in [0.2, 0.25) is 0 Å². The molecule has 1 heterocycles. The maximum atomic E-state index is 12.1. The molecule has 4 nitrogen and oxygen atoms in total. The van der Waals surface area contributed by atoms with Crippen LogP contribution in [0, 0.1) is 6.92 Å². The fraction of sp³-hybridized carbons (Fsp3) is 0.500. The SMILES string of the molecule is Cc1cccc(C=O)c1OCC(=O)N1CCCCCC1. The van der Waals surface area contributed by atoms with Crippen molar-refractivity contribution in [3.63, 3.8) is 0 Å². The molecule has 0 atom stereocenters. The van der Waals surface area contributed by atoms with Crippen molar-refractivity contribution < 1.29 is 14.3 Å². The monoisotopic (exact) mass is 275 g/mol. The summed E-state index contributed by atoms with van der Waals surface area (Å²) in [7, 11) is 0. The maximum Gasteiger partial charge on any atom is 0.260 e. The Morgan fingerprint density at radius 3 is 2.60 bits per heavy atom. The Labute approximate surface area is 119 Å². The van der Waals surface area contributed by atoms with Gasteiger partial charge in [-0.1, -0.05) is 25.0 Å². The first-order valence-electron chi connectivity index (χ1n) is 7.17. The molecule has 0 unspecified atom stereocenters. The summed E-state index contributed by atoms with van der Waals surface area (Å²) in [6.07, 6.45) is 5.28. The zero-order valence-corrected chi connectivity index (χ0v) is 11.9. The summed E-state index contributed by atoms with van der Waals surface area (Å²) in [6.45, 7) is 3.51. The quantitative estimate of drug-likeness (QED) is 0.793. The van der Waals surface area contributed by atoms with Crippen LogP contribution in [-0.2, 0) is 4.79 Å². The molecule has 1 amide bonds. The van der Waals surface area contributed by atoms with Crippen LogP contribution < -0.4 is 4.74 Å². The van der Waals surface area contributed by atoms with Crippen molar-refractivity contribution in [2.75, 3.05) is 19.7 Å².